The maximum atomic E-state index is 11.2. The van der Waals surface area contributed by atoms with E-state index in [2.05, 4.69) is 0 Å². The number of carbonyl (C=O) groups is 1. The van der Waals surface area contributed by atoms with Crippen molar-refractivity contribution in [1.29, 1.82) is 0 Å². The summed E-state index contributed by atoms with van der Waals surface area (Å²) in [7, 11) is 0. The van der Waals surface area contributed by atoms with E-state index in [1.165, 1.54) is 0 Å². The van der Waals surface area contributed by atoms with Gasteiger partial charge in [-0.25, -0.2) is 0 Å². The minimum absolute atomic E-state index is 0.154. The third kappa shape index (κ3) is 2.72. The summed E-state index contributed by atoms with van der Waals surface area (Å²) in [6, 6.07) is 7.70. The van der Waals surface area contributed by atoms with E-state index in [0.717, 1.165) is 30.4 Å². The van der Waals surface area contributed by atoms with Crippen LogP contribution < -0.4 is 0 Å². The van der Waals surface area contributed by atoms with Crippen molar-refractivity contribution >= 4 is 5.97 Å². The van der Waals surface area contributed by atoms with Crippen LogP contribution in [0.1, 0.15) is 42.9 Å². The van der Waals surface area contributed by atoms with Gasteiger partial charge in [-0.05, 0) is 25.3 Å². The van der Waals surface area contributed by atoms with Crippen molar-refractivity contribution in [2.24, 2.45) is 11.8 Å². The summed E-state index contributed by atoms with van der Waals surface area (Å²) in [6.07, 6.45) is 2.78. The molecule has 0 saturated heterocycles. The molecule has 2 N–H and O–H groups in total. The van der Waals surface area contributed by atoms with Crippen LogP contribution in [0.4, 0.5) is 0 Å². The number of hydrogen-bond acceptors (Lipinski definition) is 2. The molecule has 2 rings (SSSR count). The van der Waals surface area contributed by atoms with Crippen molar-refractivity contribution in [3.63, 3.8) is 0 Å². The number of carboxylic acids is 1. The van der Waals surface area contributed by atoms with Crippen molar-refractivity contribution in [2.45, 2.75) is 38.7 Å². The van der Waals surface area contributed by atoms with E-state index < -0.39 is 18.0 Å². The molecule has 1 aliphatic carbocycles. The van der Waals surface area contributed by atoms with E-state index in [0.29, 0.717) is 6.42 Å². The molecule has 1 aromatic carbocycles. The van der Waals surface area contributed by atoms with Crippen LogP contribution >= 0.6 is 0 Å². The Morgan fingerprint density at radius 3 is 2.44 bits per heavy atom. The van der Waals surface area contributed by atoms with Gasteiger partial charge in [0.25, 0.3) is 0 Å². The van der Waals surface area contributed by atoms with Gasteiger partial charge in [0, 0.05) is 5.92 Å². The molecule has 3 heteroatoms. The first-order valence-electron chi connectivity index (χ1n) is 6.57. The third-order valence-electron chi connectivity index (χ3n) is 3.96. The highest BCUT2D eigenvalue weighted by Gasteiger charge is 2.35. The molecule has 1 aliphatic rings. The zero-order chi connectivity index (χ0) is 13.1. The molecule has 0 heterocycles. The summed E-state index contributed by atoms with van der Waals surface area (Å²) in [4.78, 5) is 11.2. The second-order valence-electron chi connectivity index (χ2n) is 5.25. The van der Waals surface area contributed by atoms with Crippen LogP contribution in [0, 0.1) is 18.8 Å². The Hall–Kier alpha value is -1.35. The molecular formula is C15H20O3. The zero-order valence-corrected chi connectivity index (χ0v) is 10.7. The number of benzene rings is 1. The average Bonchev–Trinajstić information content (AvgIpc) is 2.39. The molecule has 1 fully saturated rings. The first-order chi connectivity index (χ1) is 8.59. The second-order valence-corrected chi connectivity index (χ2v) is 5.25. The molecule has 98 valence electrons. The highest BCUT2D eigenvalue weighted by molar-refractivity contribution is 5.70. The first kappa shape index (κ1) is 13.1. The van der Waals surface area contributed by atoms with E-state index in [1.807, 2.05) is 31.2 Å². The highest BCUT2D eigenvalue weighted by Crippen LogP contribution is 2.38. The normalized spacial score (nSPS) is 25.7. The van der Waals surface area contributed by atoms with E-state index >= 15 is 0 Å². The van der Waals surface area contributed by atoms with Gasteiger partial charge in [0.2, 0.25) is 0 Å². The zero-order valence-electron chi connectivity index (χ0n) is 10.7. The highest BCUT2D eigenvalue weighted by atomic mass is 16.4. The summed E-state index contributed by atoms with van der Waals surface area (Å²) < 4.78 is 0. The molecule has 3 unspecified atom stereocenters. The Morgan fingerprint density at radius 2 is 1.83 bits per heavy atom. The lowest BCUT2D eigenvalue weighted by Gasteiger charge is -2.32. The lowest BCUT2D eigenvalue weighted by Crippen LogP contribution is -2.31. The summed E-state index contributed by atoms with van der Waals surface area (Å²) in [5.74, 6) is -1.33. The summed E-state index contributed by atoms with van der Waals surface area (Å²) in [6.45, 7) is 2.00. The fraction of sp³-hybridized carbons (Fsp3) is 0.533. The Balaban J connectivity index is 2.17. The maximum absolute atomic E-state index is 11.2. The third-order valence-corrected chi connectivity index (χ3v) is 3.96. The van der Waals surface area contributed by atoms with Crippen molar-refractivity contribution in [3.05, 3.63) is 35.4 Å². The number of aliphatic hydroxyl groups is 1. The van der Waals surface area contributed by atoms with Crippen LogP contribution in [0.25, 0.3) is 0 Å². The number of carboxylic acid groups (broad SMARTS) is 1. The smallest absolute Gasteiger partial charge is 0.306 e. The summed E-state index contributed by atoms with van der Waals surface area (Å²) >= 11 is 0. The van der Waals surface area contributed by atoms with Gasteiger partial charge in [0.05, 0.1) is 12.0 Å². The van der Waals surface area contributed by atoms with E-state index in [-0.39, 0.29) is 5.92 Å². The van der Waals surface area contributed by atoms with E-state index in [4.69, 9.17) is 0 Å². The Bertz CT molecular complexity index is 410. The van der Waals surface area contributed by atoms with Gasteiger partial charge < -0.3 is 10.2 Å². The first-order valence-corrected chi connectivity index (χ1v) is 6.57. The largest absolute Gasteiger partial charge is 0.481 e. The Labute approximate surface area is 107 Å². The molecule has 18 heavy (non-hydrogen) atoms. The molecule has 1 aromatic rings. The van der Waals surface area contributed by atoms with Crippen molar-refractivity contribution < 1.29 is 15.0 Å². The topological polar surface area (TPSA) is 57.5 Å². The Kier molecular flexibility index (Phi) is 4.02. The molecule has 0 aliphatic heterocycles. The van der Waals surface area contributed by atoms with Crippen molar-refractivity contribution in [3.8, 4) is 0 Å². The van der Waals surface area contributed by atoms with Crippen LogP contribution in [-0.4, -0.2) is 16.2 Å². The fourth-order valence-corrected chi connectivity index (χ4v) is 2.85. The summed E-state index contributed by atoms with van der Waals surface area (Å²) in [5, 5.41) is 19.6. The second kappa shape index (κ2) is 5.53. The predicted molar refractivity (Wildman–Crippen MR) is 69.2 cm³/mol. The van der Waals surface area contributed by atoms with Gasteiger partial charge >= 0.3 is 5.97 Å². The van der Waals surface area contributed by atoms with Gasteiger partial charge in [0.15, 0.2) is 0 Å². The summed E-state index contributed by atoms with van der Waals surface area (Å²) in [5.41, 5.74) is 1.98. The van der Waals surface area contributed by atoms with E-state index in [1.54, 1.807) is 0 Å². The molecule has 0 radical (unpaired) electrons. The number of rotatable bonds is 3. The maximum Gasteiger partial charge on any atom is 0.306 e. The van der Waals surface area contributed by atoms with Crippen LogP contribution in [0.2, 0.25) is 0 Å². The lowest BCUT2D eigenvalue weighted by atomic mass is 9.74. The molecular weight excluding hydrogens is 228 g/mol. The average molecular weight is 248 g/mol. The molecule has 1 saturated carbocycles. The SMILES string of the molecule is Cc1ccc(C(O)C2CCCCC2C(=O)O)cc1. The minimum Gasteiger partial charge on any atom is -0.481 e. The molecule has 0 amide bonds. The minimum atomic E-state index is -0.772. The van der Waals surface area contributed by atoms with Crippen LogP contribution in [-0.2, 0) is 4.79 Å². The van der Waals surface area contributed by atoms with Crippen LogP contribution in [0.3, 0.4) is 0 Å². The number of aliphatic hydroxyl groups excluding tert-OH is 1. The van der Waals surface area contributed by atoms with E-state index in [9.17, 15) is 15.0 Å². The van der Waals surface area contributed by atoms with Crippen molar-refractivity contribution in [2.75, 3.05) is 0 Å². The van der Waals surface area contributed by atoms with Gasteiger partial charge in [-0.2, -0.15) is 0 Å². The Morgan fingerprint density at radius 1 is 1.22 bits per heavy atom. The standard InChI is InChI=1S/C15H20O3/c1-10-6-8-11(9-7-10)14(16)12-4-2-3-5-13(12)15(17)18/h6-9,12-14,16H,2-5H2,1H3,(H,17,18). The monoisotopic (exact) mass is 248 g/mol. The molecule has 0 bridgehead atoms. The van der Waals surface area contributed by atoms with Crippen LogP contribution in [0.15, 0.2) is 24.3 Å². The molecule has 3 nitrogen and oxygen atoms in total. The molecule has 0 aromatic heterocycles. The fourth-order valence-electron chi connectivity index (χ4n) is 2.85. The number of aryl methyl sites for hydroxylation is 1. The molecule has 3 atom stereocenters. The quantitative estimate of drug-likeness (QED) is 0.864. The lowest BCUT2D eigenvalue weighted by molar-refractivity contribution is -0.147. The van der Waals surface area contributed by atoms with Crippen LogP contribution in [0.5, 0.6) is 0 Å². The predicted octanol–water partition coefficient (Wildman–Crippen LogP) is 2.92. The van der Waals surface area contributed by atoms with Gasteiger partial charge in [-0.3, -0.25) is 4.79 Å². The molecule has 0 spiro atoms. The van der Waals surface area contributed by atoms with Gasteiger partial charge in [-0.15, -0.1) is 0 Å². The number of hydrogen-bond donors (Lipinski definition) is 2. The van der Waals surface area contributed by atoms with Crippen molar-refractivity contribution in [1.82, 2.24) is 0 Å². The number of aliphatic carboxylic acids is 1. The van der Waals surface area contributed by atoms with Gasteiger partial charge in [-0.1, -0.05) is 42.7 Å². The van der Waals surface area contributed by atoms with Gasteiger partial charge in [0.1, 0.15) is 0 Å².